The van der Waals surface area contributed by atoms with E-state index in [0.717, 1.165) is 4.47 Å². The van der Waals surface area contributed by atoms with Gasteiger partial charge in [0.1, 0.15) is 18.1 Å². The summed E-state index contributed by atoms with van der Waals surface area (Å²) in [5.41, 5.74) is 1.77. The Kier molecular flexibility index (Phi) is 4.98. The number of hydrogen-bond donors (Lipinski definition) is 1. The molecule has 0 aliphatic carbocycles. The second-order valence-electron chi connectivity index (χ2n) is 5.92. The van der Waals surface area contributed by atoms with Crippen molar-refractivity contribution in [3.05, 3.63) is 71.3 Å². The Morgan fingerprint density at radius 1 is 1.21 bits per heavy atom. The number of carbonyl (C=O) groups excluding carboxylic acids is 1. The standard InChI is InChI=1S/C19H13BrFN5O2/c20-13-2-1-3-15(8-13)23-17(27)10-26-9-16(22-11-26)18-24-19(28-25-18)12-4-6-14(21)7-5-12/h1-9,11H,10H2,(H,23,27). The Balaban J connectivity index is 1.44. The summed E-state index contributed by atoms with van der Waals surface area (Å²) in [6.07, 6.45) is 3.17. The Morgan fingerprint density at radius 3 is 2.82 bits per heavy atom. The van der Waals surface area contributed by atoms with E-state index in [1.807, 2.05) is 18.2 Å². The molecule has 4 rings (SSSR count). The Morgan fingerprint density at radius 2 is 2.04 bits per heavy atom. The zero-order valence-corrected chi connectivity index (χ0v) is 15.9. The molecule has 7 nitrogen and oxygen atoms in total. The summed E-state index contributed by atoms with van der Waals surface area (Å²) >= 11 is 3.36. The molecule has 0 saturated heterocycles. The van der Waals surface area contributed by atoms with Crippen LogP contribution in [0.25, 0.3) is 23.0 Å². The molecule has 9 heteroatoms. The Bertz CT molecular complexity index is 1120. The van der Waals surface area contributed by atoms with Gasteiger partial charge in [0.25, 0.3) is 5.89 Å². The lowest BCUT2D eigenvalue weighted by molar-refractivity contribution is -0.116. The number of hydrogen-bond acceptors (Lipinski definition) is 5. The summed E-state index contributed by atoms with van der Waals surface area (Å²) < 4.78 is 20.7. The van der Waals surface area contributed by atoms with Crippen LogP contribution < -0.4 is 5.32 Å². The van der Waals surface area contributed by atoms with Crippen molar-refractivity contribution in [3.63, 3.8) is 0 Å². The molecule has 2 aromatic carbocycles. The lowest BCUT2D eigenvalue weighted by Gasteiger charge is -2.05. The van der Waals surface area contributed by atoms with E-state index >= 15 is 0 Å². The van der Waals surface area contributed by atoms with E-state index < -0.39 is 0 Å². The second-order valence-corrected chi connectivity index (χ2v) is 6.84. The predicted molar refractivity (Wildman–Crippen MR) is 104 cm³/mol. The average molecular weight is 442 g/mol. The maximum atomic E-state index is 13.0. The fourth-order valence-electron chi connectivity index (χ4n) is 2.53. The van der Waals surface area contributed by atoms with E-state index in [2.05, 4.69) is 36.4 Å². The van der Waals surface area contributed by atoms with Gasteiger partial charge < -0.3 is 14.4 Å². The molecule has 0 radical (unpaired) electrons. The van der Waals surface area contributed by atoms with E-state index in [-0.39, 0.29) is 30.0 Å². The molecule has 0 spiro atoms. The number of anilines is 1. The van der Waals surface area contributed by atoms with Gasteiger partial charge in [-0.3, -0.25) is 4.79 Å². The zero-order chi connectivity index (χ0) is 19.5. The normalized spacial score (nSPS) is 10.8. The summed E-state index contributed by atoms with van der Waals surface area (Å²) in [7, 11) is 0. The molecule has 2 aromatic heterocycles. The van der Waals surface area contributed by atoms with Crippen molar-refractivity contribution in [2.24, 2.45) is 0 Å². The van der Waals surface area contributed by atoms with Crippen LogP contribution in [0.5, 0.6) is 0 Å². The first-order valence-electron chi connectivity index (χ1n) is 8.24. The third-order valence-corrected chi connectivity index (χ3v) is 4.31. The second kappa shape index (κ2) is 7.73. The maximum absolute atomic E-state index is 13.0. The molecule has 1 amide bonds. The van der Waals surface area contributed by atoms with Crippen molar-refractivity contribution in [3.8, 4) is 23.0 Å². The van der Waals surface area contributed by atoms with E-state index in [0.29, 0.717) is 16.9 Å². The fourth-order valence-corrected chi connectivity index (χ4v) is 2.93. The van der Waals surface area contributed by atoms with E-state index in [4.69, 9.17) is 4.52 Å². The Hall–Kier alpha value is -3.33. The van der Waals surface area contributed by atoms with Gasteiger partial charge in [-0.2, -0.15) is 4.98 Å². The average Bonchev–Trinajstić information content (AvgIpc) is 3.32. The van der Waals surface area contributed by atoms with Crippen LogP contribution in [0.2, 0.25) is 0 Å². The minimum absolute atomic E-state index is 0.0855. The van der Waals surface area contributed by atoms with Gasteiger partial charge in [0.15, 0.2) is 0 Å². The summed E-state index contributed by atoms with van der Waals surface area (Å²) in [6, 6.07) is 13.1. The molecule has 0 atom stereocenters. The molecular formula is C19H13BrFN5O2. The van der Waals surface area contributed by atoms with Crippen molar-refractivity contribution < 1.29 is 13.7 Å². The number of benzene rings is 2. The first-order valence-corrected chi connectivity index (χ1v) is 9.03. The van der Waals surface area contributed by atoms with Crippen LogP contribution in [0.15, 0.2) is 70.1 Å². The molecule has 2 heterocycles. The molecule has 4 aromatic rings. The van der Waals surface area contributed by atoms with Crippen molar-refractivity contribution >= 4 is 27.5 Å². The number of imidazole rings is 1. The molecule has 0 aliphatic rings. The highest BCUT2D eigenvalue weighted by atomic mass is 79.9. The summed E-state index contributed by atoms with van der Waals surface area (Å²) in [5, 5.41) is 6.71. The number of carbonyl (C=O) groups is 1. The Labute approximate surface area is 167 Å². The minimum Gasteiger partial charge on any atom is -0.334 e. The van der Waals surface area contributed by atoms with Crippen molar-refractivity contribution in [1.82, 2.24) is 19.7 Å². The predicted octanol–water partition coefficient (Wildman–Crippen LogP) is 4.14. The largest absolute Gasteiger partial charge is 0.334 e. The van der Waals surface area contributed by atoms with Crippen LogP contribution in [0.4, 0.5) is 10.1 Å². The van der Waals surface area contributed by atoms with Crippen LogP contribution in [0.3, 0.4) is 0 Å². The summed E-state index contributed by atoms with van der Waals surface area (Å²) in [5.74, 6) is 0.00736. The highest BCUT2D eigenvalue weighted by Crippen LogP contribution is 2.21. The van der Waals surface area contributed by atoms with Crippen molar-refractivity contribution in [2.45, 2.75) is 6.54 Å². The first-order chi connectivity index (χ1) is 13.6. The number of nitrogens with one attached hydrogen (secondary N) is 1. The molecule has 0 fully saturated rings. The zero-order valence-electron chi connectivity index (χ0n) is 14.3. The van der Waals surface area contributed by atoms with Crippen molar-refractivity contribution in [2.75, 3.05) is 5.32 Å². The van der Waals surface area contributed by atoms with Gasteiger partial charge in [0, 0.05) is 21.9 Å². The number of amides is 1. The van der Waals surface area contributed by atoms with E-state index in [1.54, 1.807) is 29.0 Å². The molecule has 0 bridgehead atoms. The fraction of sp³-hybridized carbons (Fsp3) is 0.0526. The SMILES string of the molecule is O=C(Cn1cnc(-c2noc(-c3ccc(F)cc3)n2)c1)Nc1cccc(Br)c1. The number of rotatable bonds is 5. The van der Waals surface area contributed by atoms with Gasteiger partial charge in [-0.05, 0) is 42.5 Å². The summed E-state index contributed by atoms with van der Waals surface area (Å²) in [6.45, 7) is 0.0855. The van der Waals surface area contributed by atoms with Crippen LogP contribution >= 0.6 is 15.9 Å². The van der Waals surface area contributed by atoms with Gasteiger partial charge in [-0.25, -0.2) is 9.37 Å². The molecule has 0 unspecified atom stereocenters. The lowest BCUT2D eigenvalue weighted by Crippen LogP contribution is -2.17. The third-order valence-electron chi connectivity index (χ3n) is 3.81. The van der Waals surface area contributed by atoms with Crippen LogP contribution in [0, 0.1) is 5.82 Å². The number of halogens is 2. The van der Waals surface area contributed by atoms with Crippen molar-refractivity contribution in [1.29, 1.82) is 0 Å². The van der Waals surface area contributed by atoms with Gasteiger partial charge in [-0.15, -0.1) is 0 Å². The quantitative estimate of drug-likeness (QED) is 0.502. The third kappa shape index (κ3) is 4.15. The summed E-state index contributed by atoms with van der Waals surface area (Å²) in [4.78, 5) is 20.7. The number of nitrogens with zero attached hydrogens (tertiary/aromatic N) is 4. The highest BCUT2D eigenvalue weighted by Gasteiger charge is 2.14. The van der Waals surface area contributed by atoms with Crippen LogP contribution in [-0.2, 0) is 11.3 Å². The molecule has 140 valence electrons. The van der Waals surface area contributed by atoms with Gasteiger partial charge >= 0.3 is 0 Å². The first kappa shape index (κ1) is 18.1. The molecule has 28 heavy (non-hydrogen) atoms. The lowest BCUT2D eigenvalue weighted by atomic mass is 10.2. The maximum Gasteiger partial charge on any atom is 0.258 e. The van der Waals surface area contributed by atoms with Gasteiger partial charge in [-0.1, -0.05) is 27.2 Å². The van der Waals surface area contributed by atoms with Gasteiger partial charge in [0.05, 0.1) is 6.33 Å². The van der Waals surface area contributed by atoms with E-state index in [1.165, 1.54) is 18.5 Å². The smallest absolute Gasteiger partial charge is 0.258 e. The monoisotopic (exact) mass is 441 g/mol. The van der Waals surface area contributed by atoms with E-state index in [9.17, 15) is 9.18 Å². The molecule has 1 N–H and O–H groups in total. The minimum atomic E-state index is -0.344. The number of aromatic nitrogens is 4. The van der Waals surface area contributed by atoms with Gasteiger partial charge in [0.2, 0.25) is 11.7 Å². The molecule has 0 saturated carbocycles. The topological polar surface area (TPSA) is 85.8 Å². The molecular weight excluding hydrogens is 429 g/mol. The van der Waals surface area contributed by atoms with Crippen LogP contribution in [0.1, 0.15) is 0 Å². The van der Waals surface area contributed by atoms with Crippen LogP contribution in [-0.4, -0.2) is 25.6 Å². The highest BCUT2D eigenvalue weighted by molar-refractivity contribution is 9.10. The molecule has 0 aliphatic heterocycles.